The highest BCUT2D eigenvalue weighted by atomic mass is 35.5. The summed E-state index contributed by atoms with van der Waals surface area (Å²) in [5.41, 5.74) is 1.75. The highest BCUT2D eigenvalue weighted by molar-refractivity contribution is 6.34. The van der Waals surface area contributed by atoms with Crippen LogP contribution in [0.25, 0.3) is 0 Å². The predicted octanol–water partition coefficient (Wildman–Crippen LogP) is 3.53. The second kappa shape index (κ2) is 4.88. The molecule has 1 heterocycles. The fraction of sp³-hybridized carbons (Fsp3) is 0.462. The van der Waals surface area contributed by atoms with E-state index in [0.29, 0.717) is 10.6 Å². The van der Waals surface area contributed by atoms with E-state index >= 15 is 0 Å². The lowest BCUT2D eigenvalue weighted by atomic mass is 10.1. The Bertz CT molecular complexity index is 397. The summed E-state index contributed by atoms with van der Waals surface area (Å²) in [6, 6.07) is 5.73. The van der Waals surface area contributed by atoms with Crippen LogP contribution in [0, 0.1) is 0 Å². The molecule has 0 unspecified atom stereocenters. The SMILES string of the molecule is CC(=O)c1ccc(N2CCCCC2)cc1Cl. The first kappa shape index (κ1) is 11.5. The summed E-state index contributed by atoms with van der Waals surface area (Å²) in [6.45, 7) is 3.73. The zero-order valence-corrected chi connectivity index (χ0v) is 10.3. The number of carbonyl (C=O) groups excluding carboxylic acids is 1. The van der Waals surface area contributed by atoms with Gasteiger partial charge in [0.1, 0.15) is 0 Å². The quantitative estimate of drug-likeness (QED) is 0.734. The van der Waals surface area contributed by atoms with Gasteiger partial charge in [0.15, 0.2) is 5.78 Å². The Hall–Kier alpha value is -1.02. The molecule has 2 rings (SSSR count). The van der Waals surface area contributed by atoms with Gasteiger partial charge in [0, 0.05) is 24.3 Å². The standard InChI is InChI=1S/C13H16ClNO/c1-10(16)12-6-5-11(9-13(12)14)15-7-3-2-4-8-15/h5-6,9H,2-4,7-8H2,1H3. The third-order valence-electron chi connectivity index (χ3n) is 3.05. The molecule has 1 aliphatic rings. The average molecular weight is 238 g/mol. The lowest BCUT2D eigenvalue weighted by molar-refractivity contribution is 0.101. The molecule has 86 valence electrons. The molecule has 16 heavy (non-hydrogen) atoms. The molecule has 1 aliphatic heterocycles. The van der Waals surface area contributed by atoms with Crippen molar-refractivity contribution in [2.24, 2.45) is 0 Å². The van der Waals surface area contributed by atoms with Gasteiger partial charge in [-0.25, -0.2) is 0 Å². The van der Waals surface area contributed by atoms with E-state index in [2.05, 4.69) is 4.90 Å². The van der Waals surface area contributed by atoms with Crippen LogP contribution in [0.4, 0.5) is 5.69 Å². The van der Waals surface area contributed by atoms with Crippen molar-refractivity contribution in [1.82, 2.24) is 0 Å². The van der Waals surface area contributed by atoms with Crippen LogP contribution in [0.3, 0.4) is 0 Å². The molecule has 1 saturated heterocycles. The fourth-order valence-electron chi connectivity index (χ4n) is 2.14. The van der Waals surface area contributed by atoms with Gasteiger partial charge < -0.3 is 4.90 Å². The number of halogens is 1. The molecule has 0 aromatic heterocycles. The fourth-order valence-corrected chi connectivity index (χ4v) is 2.45. The summed E-state index contributed by atoms with van der Waals surface area (Å²) < 4.78 is 0. The van der Waals surface area contributed by atoms with Crippen LogP contribution >= 0.6 is 11.6 Å². The van der Waals surface area contributed by atoms with Crippen LogP contribution in [0.15, 0.2) is 18.2 Å². The van der Waals surface area contributed by atoms with E-state index in [9.17, 15) is 4.79 Å². The number of rotatable bonds is 2. The number of anilines is 1. The van der Waals surface area contributed by atoms with Gasteiger partial charge in [0.25, 0.3) is 0 Å². The predicted molar refractivity (Wildman–Crippen MR) is 67.5 cm³/mol. The maximum Gasteiger partial charge on any atom is 0.161 e. The molecule has 1 aromatic rings. The summed E-state index contributed by atoms with van der Waals surface area (Å²) in [7, 11) is 0. The minimum Gasteiger partial charge on any atom is -0.371 e. The highest BCUT2D eigenvalue weighted by Gasteiger charge is 2.13. The highest BCUT2D eigenvalue weighted by Crippen LogP contribution is 2.26. The van der Waals surface area contributed by atoms with Crippen molar-refractivity contribution >= 4 is 23.1 Å². The molecular formula is C13H16ClNO. The summed E-state index contributed by atoms with van der Waals surface area (Å²) in [5.74, 6) is 0.0233. The zero-order chi connectivity index (χ0) is 11.5. The Kier molecular flexibility index (Phi) is 3.49. The van der Waals surface area contributed by atoms with Gasteiger partial charge in [-0.3, -0.25) is 4.79 Å². The average Bonchev–Trinajstić information content (AvgIpc) is 2.29. The van der Waals surface area contributed by atoms with Gasteiger partial charge >= 0.3 is 0 Å². The van der Waals surface area contributed by atoms with Gasteiger partial charge in [0.2, 0.25) is 0 Å². The van der Waals surface area contributed by atoms with Gasteiger partial charge in [-0.15, -0.1) is 0 Å². The first-order chi connectivity index (χ1) is 7.68. The minimum absolute atomic E-state index is 0.0233. The van der Waals surface area contributed by atoms with Crippen LogP contribution in [-0.2, 0) is 0 Å². The second-order valence-electron chi connectivity index (χ2n) is 4.27. The van der Waals surface area contributed by atoms with Gasteiger partial charge in [-0.2, -0.15) is 0 Å². The Morgan fingerprint density at radius 3 is 2.50 bits per heavy atom. The number of nitrogens with zero attached hydrogens (tertiary/aromatic N) is 1. The normalized spacial score (nSPS) is 16.2. The van der Waals surface area contributed by atoms with E-state index in [1.165, 1.54) is 19.3 Å². The van der Waals surface area contributed by atoms with Crippen molar-refractivity contribution in [2.75, 3.05) is 18.0 Å². The Balaban J connectivity index is 2.23. The van der Waals surface area contributed by atoms with E-state index in [1.807, 2.05) is 18.2 Å². The third kappa shape index (κ3) is 2.38. The number of benzene rings is 1. The van der Waals surface area contributed by atoms with Crippen LogP contribution < -0.4 is 4.90 Å². The third-order valence-corrected chi connectivity index (χ3v) is 3.37. The summed E-state index contributed by atoms with van der Waals surface area (Å²) in [6.07, 6.45) is 3.80. The monoisotopic (exact) mass is 237 g/mol. The van der Waals surface area contributed by atoms with Crippen molar-refractivity contribution < 1.29 is 4.79 Å². The largest absolute Gasteiger partial charge is 0.371 e. The van der Waals surface area contributed by atoms with E-state index in [0.717, 1.165) is 18.8 Å². The number of hydrogen-bond acceptors (Lipinski definition) is 2. The first-order valence-corrected chi connectivity index (χ1v) is 6.12. The molecule has 0 spiro atoms. The van der Waals surface area contributed by atoms with Crippen molar-refractivity contribution in [3.05, 3.63) is 28.8 Å². The molecule has 0 aliphatic carbocycles. The Morgan fingerprint density at radius 1 is 1.25 bits per heavy atom. The molecule has 0 amide bonds. The number of piperidine rings is 1. The van der Waals surface area contributed by atoms with E-state index < -0.39 is 0 Å². The van der Waals surface area contributed by atoms with Gasteiger partial charge in [-0.05, 0) is 44.4 Å². The van der Waals surface area contributed by atoms with Gasteiger partial charge in [0.05, 0.1) is 5.02 Å². The zero-order valence-electron chi connectivity index (χ0n) is 9.50. The lowest BCUT2D eigenvalue weighted by Crippen LogP contribution is -2.29. The maximum atomic E-state index is 11.3. The van der Waals surface area contributed by atoms with Gasteiger partial charge in [-0.1, -0.05) is 11.6 Å². The van der Waals surface area contributed by atoms with Crippen LogP contribution in [0.5, 0.6) is 0 Å². The minimum atomic E-state index is 0.0233. The molecule has 0 radical (unpaired) electrons. The summed E-state index contributed by atoms with van der Waals surface area (Å²) in [5, 5.41) is 0.565. The van der Waals surface area contributed by atoms with Crippen molar-refractivity contribution in [3.8, 4) is 0 Å². The van der Waals surface area contributed by atoms with Crippen molar-refractivity contribution in [1.29, 1.82) is 0 Å². The molecule has 0 atom stereocenters. The first-order valence-electron chi connectivity index (χ1n) is 5.74. The topological polar surface area (TPSA) is 20.3 Å². The Labute approximate surface area is 101 Å². The molecule has 0 N–H and O–H groups in total. The van der Waals surface area contributed by atoms with E-state index in [4.69, 9.17) is 11.6 Å². The number of Topliss-reactive ketones (excluding diaryl/α,β-unsaturated/α-hetero) is 1. The molecule has 1 aromatic carbocycles. The molecule has 0 bridgehead atoms. The van der Waals surface area contributed by atoms with Crippen LogP contribution in [0.2, 0.25) is 5.02 Å². The van der Waals surface area contributed by atoms with E-state index in [-0.39, 0.29) is 5.78 Å². The molecule has 0 saturated carbocycles. The Morgan fingerprint density at radius 2 is 1.94 bits per heavy atom. The van der Waals surface area contributed by atoms with Crippen molar-refractivity contribution in [2.45, 2.75) is 26.2 Å². The summed E-state index contributed by atoms with van der Waals surface area (Å²) in [4.78, 5) is 13.6. The number of ketones is 1. The van der Waals surface area contributed by atoms with E-state index in [1.54, 1.807) is 6.92 Å². The number of carbonyl (C=O) groups is 1. The molecular weight excluding hydrogens is 222 g/mol. The second-order valence-corrected chi connectivity index (χ2v) is 4.68. The lowest BCUT2D eigenvalue weighted by Gasteiger charge is -2.29. The maximum absolute atomic E-state index is 11.3. The van der Waals surface area contributed by atoms with Crippen molar-refractivity contribution in [3.63, 3.8) is 0 Å². The molecule has 3 heteroatoms. The molecule has 1 fully saturated rings. The van der Waals surface area contributed by atoms with Crippen LogP contribution in [-0.4, -0.2) is 18.9 Å². The number of hydrogen-bond donors (Lipinski definition) is 0. The smallest absolute Gasteiger partial charge is 0.161 e. The summed E-state index contributed by atoms with van der Waals surface area (Å²) >= 11 is 6.10. The molecule has 2 nitrogen and oxygen atoms in total. The van der Waals surface area contributed by atoms with Crippen LogP contribution in [0.1, 0.15) is 36.5 Å².